The monoisotopic (exact) mass is 490 g/mol. The van der Waals surface area contributed by atoms with Gasteiger partial charge >= 0.3 is 18.1 Å². The van der Waals surface area contributed by atoms with Crippen molar-refractivity contribution >= 4 is 18.0 Å². The van der Waals surface area contributed by atoms with E-state index in [9.17, 15) is 37.4 Å². The van der Waals surface area contributed by atoms with Crippen molar-refractivity contribution in [1.29, 1.82) is 0 Å². The van der Waals surface area contributed by atoms with Crippen molar-refractivity contribution in [2.24, 2.45) is 22.7 Å². The molecule has 0 aliphatic heterocycles. The second-order valence-corrected chi connectivity index (χ2v) is 9.72. The Labute approximate surface area is 197 Å². The Morgan fingerprint density at radius 1 is 1.17 bits per heavy atom. The summed E-state index contributed by atoms with van der Waals surface area (Å²) in [5.41, 5.74) is -0.405. The summed E-state index contributed by atoms with van der Waals surface area (Å²) in [5.74, 6) is -7.48. The van der Waals surface area contributed by atoms with E-state index in [1.54, 1.807) is 23.0 Å². The van der Waals surface area contributed by atoms with Crippen molar-refractivity contribution in [2.75, 3.05) is 0 Å². The maximum Gasteiger partial charge on any atom is 0.406 e. The molecule has 0 amide bonds. The van der Waals surface area contributed by atoms with Gasteiger partial charge in [0, 0.05) is 5.41 Å². The number of rotatable bonds is 3. The number of hydrogen-bond donors (Lipinski definition) is 2. The van der Waals surface area contributed by atoms with E-state index < -0.39 is 47.2 Å². The number of alkyl halides is 3. The van der Waals surface area contributed by atoms with Gasteiger partial charge in [0.05, 0.1) is 23.5 Å². The molecule has 1 saturated carbocycles. The lowest BCUT2D eigenvalue weighted by Gasteiger charge is -2.52. The van der Waals surface area contributed by atoms with Crippen molar-refractivity contribution in [2.45, 2.75) is 38.8 Å². The molecule has 0 unspecified atom stereocenters. The van der Waals surface area contributed by atoms with Crippen LogP contribution in [0.5, 0.6) is 0 Å². The highest BCUT2D eigenvalue weighted by Gasteiger charge is 2.70. The van der Waals surface area contributed by atoms with Crippen LogP contribution in [0.25, 0.3) is 11.8 Å². The van der Waals surface area contributed by atoms with Gasteiger partial charge in [-0.1, -0.05) is 24.1 Å². The van der Waals surface area contributed by atoms with Crippen LogP contribution < -0.4 is 0 Å². The minimum Gasteiger partial charge on any atom is -0.481 e. The molecule has 0 bridgehead atoms. The molecule has 35 heavy (non-hydrogen) atoms. The zero-order chi connectivity index (χ0) is 25.3. The van der Waals surface area contributed by atoms with E-state index in [0.717, 1.165) is 16.8 Å². The minimum atomic E-state index is -5.23. The van der Waals surface area contributed by atoms with Crippen LogP contribution in [0.1, 0.15) is 37.4 Å². The predicted molar refractivity (Wildman–Crippen MR) is 116 cm³/mol. The highest BCUT2D eigenvalue weighted by atomic mass is 19.4. The Morgan fingerprint density at radius 2 is 1.86 bits per heavy atom. The second kappa shape index (κ2) is 7.53. The molecule has 1 heterocycles. The normalized spacial score (nSPS) is 29.9. The number of fused-ring (bicyclic) bond motifs is 4. The van der Waals surface area contributed by atoms with Crippen LogP contribution in [0.3, 0.4) is 0 Å². The maximum atomic E-state index is 14.1. The molecule has 10 heteroatoms. The van der Waals surface area contributed by atoms with E-state index in [2.05, 4.69) is 5.10 Å². The van der Waals surface area contributed by atoms with Crippen molar-refractivity contribution in [3.8, 4) is 5.69 Å². The molecule has 5 rings (SSSR count). The number of hydrogen-bond acceptors (Lipinski definition) is 3. The first-order chi connectivity index (χ1) is 16.4. The van der Waals surface area contributed by atoms with Crippen molar-refractivity contribution < 1.29 is 37.4 Å². The van der Waals surface area contributed by atoms with Gasteiger partial charge in [-0.3, -0.25) is 9.59 Å². The minimum absolute atomic E-state index is 0.0926. The van der Waals surface area contributed by atoms with Gasteiger partial charge in [-0.25, -0.2) is 9.07 Å². The van der Waals surface area contributed by atoms with Crippen LogP contribution in [0, 0.1) is 28.5 Å². The average Bonchev–Trinajstić information content (AvgIpc) is 3.18. The first kappa shape index (κ1) is 23.3. The zero-order valence-electron chi connectivity index (χ0n) is 18.6. The average molecular weight is 490 g/mol. The zero-order valence-corrected chi connectivity index (χ0v) is 18.6. The van der Waals surface area contributed by atoms with Gasteiger partial charge < -0.3 is 10.2 Å². The summed E-state index contributed by atoms with van der Waals surface area (Å²) in [5, 5.41) is 23.9. The van der Waals surface area contributed by atoms with E-state index in [4.69, 9.17) is 0 Å². The Kier molecular flexibility index (Phi) is 5.02. The first-order valence-corrected chi connectivity index (χ1v) is 11.2. The third-order valence-corrected chi connectivity index (χ3v) is 8.01. The highest BCUT2D eigenvalue weighted by molar-refractivity contribution is 5.86. The number of allylic oxidation sites excluding steroid dienone is 3. The Hall–Kier alpha value is -3.43. The van der Waals surface area contributed by atoms with Gasteiger partial charge in [0.25, 0.3) is 0 Å². The topological polar surface area (TPSA) is 92.4 Å². The first-order valence-electron chi connectivity index (χ1n) is 11.2. The molecule has 2 aromatic rings. The fourth-order valence-electron chi connectivity index (χ4n) is 6.28. The molecular weight excluding hydrogens is 468 g/mol. The molecule has 0 saturated heterocycles. The second-order valence-electron chi connectivity index (χ2n) is 9.72. The van der Waals surface area contributed by atoms with Crippen LogP contribution >= 0.6 is 0 Å². The van der Waals surface area contributed by atoms with Gasteiger partial charge in [0.2, 0.25) is 0 Å². The highest BCUT2D eigenvalue weighted by Crippen LogP contribution is 2.62. The fraction of sp³-hybridized carbons (Fsp3) is 0.400. The summed E-state index contributed by atoms with van der Waals surface area (Å²) in [6.45, 7) is 1.87. The van der Waals surface area contributed by atoms with Crippen LogP contribution in [-0.4, -0.2) is 38.1 Å². The fourth-order valence-corrected chi connectivity index (χ4v) is 6.28. The molecule has 4 atom stereocenters. The van der Waals surface area contributed by atoms with Crippen LogP contribution in [0.2, 0.25) is 0 Å². The lowest BCUT2D eigenvalue weighted by atomic mass is 9.50. The molecule has 1 fully saturated rings. The van der Waals surface area contributed by atoms with Gasteiger partial charge in [0.15, 0.2) is 5.41 Å². The Bertz CT molecular complexity index is 1290. The molecule has 0 radical (unpaired) electrons. The Balaban J connectivity index is 1.60. The van der Waals surface area contributed by atoms with E-state index in [0.29, 0.717) is 24.1 Å². The smallest absolute Gasteiger partial charge is 0.406 e. The molecule has 3 aliphatic rings. The summed E-state index contributed by atoms with van der Waals surface area (Å²) < 4.78 is 57.4. The van der Waals surface area contributed by atoms with Gasteiger partial charge in [0.1, 0.15) is 5.82 Å². The Morgan fingerprint density at radius 3 is 2.46 bits per heavy atom. The number of carboxylic acids is 2. The molecule has 0 spiro atoms. The number of benzene rings is 1. The van der Waals surface area contributed by atoms with E-state index in [-0.39, 0.29) is 12.2 Å². The molecule has 1 aromatic carbocycles. The predicted octanol–water partition coefficient (Wildman–Crippen LogP) is 5.03. The molecule has 184 valence electrons. The van der Waals surface area contributed by atoms with Crippen molar-refractivity contribution in [1.82, 2.24) is 9.78 Å². The molecular formula is C25H22F4N2O4. The number of carbonyl (C=O) groups is 2. The number of aliphatic carboxylic acids is 2. The maximum absolute atomic E-state index is 14.1. The summed E-state index contributed by atoms with van der Waals surface area (Å²) in [7, 11) is 0. The van der Waals surface area contributed by atoms with Crippen LogP contribution in [0.4, 0.5) is 17.6 Å². The third kappa shape index (κ3) is 3.18. The molecule has 2 N–H and O–H groups in total. The van der Waals surface area contributed by atoms with Crippen molar-refractivity contribution in [3.05, 3.63) is 64.8 Å². The van der Waals surface area contributed by atoms with Crippen LogP contribution in [0.15, 0.2) is 47.7 Å². The van der Waals surface area contributed by atoms with Gasteiger partial charge in [-0.15, -0.1) is 0 Å². The van der Waals surface area contributed by atoms with E-state index in [1.165, 1.54) is 18.2 Å². The number of aromatic nitrogens is 2. The lowest BCUT2D eigenvalue weighted by Crippen LogP contribution is -2.58. The number of nitrogens with zero attached hydrogens (tertiary/aromatic N) is 2. The van der Waals surface area contributed by atoms with Gasteiger partial charge in [-0.2, -0.15) is 18.3 Å². The summed E-state index contributed by atoms with van der Waals surface area (Å²) in [4.78, 5) is 24.1. The standard InChI is InChI=1S/C25H22F4N2O4/c1-23-11-13-12-30-31(16-5-3-15(26)4-6-16)19(13)10-14(23)2-7-17-18(23)8-9-24(22(34)35,25(27,28)29)20(17)21(32)33/h3-6,8,10,12,17,20H,2,7,9,11H2,1H3,(H,32,33)(H,34,35)/t17-,20+,23-,24-/m0/s1. The molecule has 3 aliphatic carbocycles. The summed E-state index contributed by atoms with van der Waals surface area (Å²) in [6, 6.07) is 5.83. The van der Waals surface area contributed by atoms with E-state index in [1.807, 2.05) is 13.0 Å². The number of halogens is 4. The molecule has 6 nitrogen and oxygen atoms in total. The van der Waals surface area contributed by atoms with Gasteiger partial charge in [-0.05, 0) is 67.5 Å². The SMILES string of the molecule is C[C@]12Cc3cnn(-c4ccc(F)cc4)c3C=C1CC[C@H]1C2=CC[C@](C(=O)O)(C(F)(F)F)[C@H]1C(=O)O. The van der Waals surface area contributed by atoms with Crippen LogP contribution in [-0.2, 0) is 16.0 Å². The lowest BCUT2D eigenvalue weighted by molar-refractivity contribution is -0.254. The molecule has 1 aromatic heterocycles. The number of carboxylic acid groups (broad SMARTS) is 2. The quantitative estimate of drug-likeness (QED) is 0.465. The summed E-state index contributed by atoms with van der Waals surface area (Å²) >= 11 is 0. The summed E-state index contributed by atoms with van der Waals surface area (Å²) in [6.07, 6.45) is -0.472. The largest absolute Gasteiger partial charge is 0.481 e. The van der Waals surface area contributed by atoms with E-state index >= 15 is 0 Å². The third-order valence-electron chi connectivity index (χ3n) is 8.01. The van der Waals surface area contributed by atoms with Crippen molar-refractivity contribution in [3.63, 3.8) is 0 Å².